The van der Waals surface area contributed by atoms with E-state index in [1.54, 1.807) is 13.1 Å². The number of ether oxygens (including phenoxy) is 1. The van der Waals surface area contributed by atoms with Crippen LogP contribution in [0.25, 0.3) is 0 Å². The van der Waals surface area contributed by atoms with Crippen molar-refractivity contribution in [3.05, 3.63) is 18.4 Å². The summed E-state index contributed by atoms with van der Waals surface area (Å²) in [6.45, 7) is 3.57. The van der Waals surface area contributed by atoms with Gasteiger partial charge in [-0.15, -0.1) is 5.73 Å². The maximum Gasteiger partial charge on any atom is 0.407 e. The van der Waals surface area contributed by atoms with Gasteiger partial charge in [0.2, 0.25) is 0 Å². The predicted molar refractivity (Wildman–Crippen MR) is 59.7 cm³/mol. The van der Waals surface area contributed by atoms with Crippen LogP contribution >= 0.6 is 0 Å². The molecule has 0 radical (unpaired) electrons. The highest BCUT2D eigenvalue weighted by molar-refractivity contribution is 5.67. The molecule has 1 saturated carbocycles. The molecule has 1 aliphatic carbocycles. The third kappa shape index (κ3) is 3.45. The van der Waals surface area contributed by atoms with E-state index >= 15 is 0 Å². The van der Waals surface area contributed by atoms with E-state index in [1.807, 2.05) is 0 Å². The third-order valence-electron chi connectivity index (χ3n) is 2.82. The minimum absolute atomic E-state index is 0.372. The van der Waals surface area contributed by atoms with E-state index in [0.717, 1.165) is 25.7 Å². The smallest absolute Gasteiger partial charge is 0.407 e. The molecule has 1 amide bonds. The van der Waals surface area contributed by atoms with E-state index in [2.05, 4.69) is 17.6 Å². The summed E-state index contributed by atoms with van der Waals surface area (Å²) in [7, 11) is 1.57. The molecule has 84 valence electrons. The fourth-order valence-electron chi connectivity index (χ4n) is 2.02. The molecule has 0 saturated heterocycles. The summed E-state index contributed by atoms with van der Waals surface area (Å²) in [5.74, 6) is 0. The minimum atomic E-state index is -0.474. The molecule has 0 spiro atoms. The maximum atomic E-state index is 11.3. The van der Waals surface area contributed by atoms with Crippen LogP contribution in [0, 0.1) is 0 Å². The molecular formula is C12H19NO2. The Morgan fingerprint density at radius 1 is 1.40 bits per heavy atom. The Bertz CT molecular complexity index is 259. The summed E-state index contributed by atoms with van der Waals surface area (Å²) in [5, 5.41) is 2.49. The molecule has 1 N–H and O–H groups in total. The lowest BCUT2D eigenvalue weighted by atomic mass is 9.94. The van der Waals surface area contributed by atoms with Crippen molar-refractivity contribution >= 4 is 6.09 Å². The molecule has 0 bridgehead atoms. The van der Waals surface area contributed by atoms with Crippen LogP contribution in [0.4, 0.5) is 4.79 Å². The van der Waals surface area contributed by atoms with Crippen molar-refractivity contribution in [3.8, 4) is 0 Å². The number of hydrogen-bond acceptors (Lipinski definition) is 2. The molecule has 0 unspecified atom stereocenters. The number of carbonyl (C=O) groups is 1. The van der Waals surface area contributed by atoms with Gasteiger partial charge in [-0.05, 0) is 25.7 Å². The largest absolute Gasteiger partial charge is 0.438 e. The van der Waals surface area contributed by atoms with Gasteiger partial charge in [-0.3, -0.25) is 0 Å². The van der Waals surface area contributed by atoms with Crippen molar-refractivity contribution in [1.82, 2.24) is 5.32 Å². The molecule has 0 aliphatic heterocycles. The molecule has 3 nitrogen and oxygen atoms in total. The number of nitrogens with one attached hydrogen (secondary N) is 1. The SMILES string of the molecule is C=C=CC1(OC(=O)NC)CCCCCC1. The number of alkyl carbamates (subject to hydrolysis) is 1. The summed E-state index contributed by atoms with van der Waals surface area (Å²) in [4.78, 5) is 11.3. The Morgan fingerprint density at radius 3 is 2.47 bits per heavy atom. The monoisotopic (exact) mass is 209 g/mol. The normalized spacial score (nSPS) is 19.5. The van der Waals surface area contributed by atoms with Gasteiger partial charge in [0.1, 0.15) is 5.60 Å². The van der Waals surface area contributed by atoms with E-state index in [1.165, 1.54) is 12.8 Å². The first kappa shape index (κ1) is 11.9. The van der Waals surface area contributed by atoms with Crippen molar-refractivity contribution in [2.75, 3.05) is 7.05 Å². The first-order valence-corrected chi connectivity index (χ1v) is 5.50. The van der Waals surface area contributed by atoms with E-state index in [0.29, 0.717) is 0 Å². The minimum Gasteiger partial charge on any atom is -0.438 e. The van der Waals surface area contributed by atoms with Crippen LogP contribution in [0.2, 0.25) is 0 Å². The molecule has 1 rings (SSSR count). The second-order valence-electron chi connectivity index (χ2n) is 3.97. The zero-order chi connectivity index (χ0) is 11.1. The molecule has 0 heterocycles. The van der Waals surface area contributed by atoms with Crippen LogP contribution < -0.4 is 5.32 Å². The van der Waals surface area contributed by atoms with E-state index < -0.39 is 5.60 Å². The first-order chi connectivity index (χ1) is 7.22. The lowest BCUT2D eigenvalue weighted by Gasteiger charge is -2.28. The highest BCUT2D eigenvalue weighted by Crippen LogP contribution is 2.31. The Hall–Kier alpha value is -1.21. The van der Waals surface area contributed by atoms with Crippen molar-refractivity contribution in [2.24, 2.45) is 0 Å². The number of rotatable bonds is 2. The maximum absolute atomic E-state index is 11.3. The number of hydrogen-bond donors (Lipinski definition) is 1. The average Bonchev–Trinajstić information content (AvgIpc) is 2.44. The van der Waals surface area contributed by atoms with Crippen LogP contribution in [0.3, 0.4) is 0 Å². The number of carbonyl (C=O) groups excluding carboxylic acids is 1. The van der Waals surface area contributed by atoms with Gasteiger partial charge in [-0.2, -0.15) is 0 Å². The molecule has 0 aromatic carbocycles. The summed E-state index contributed by atoms with van der Waals surface area (Å²) in [6, 6.07) is 0. The van der Waals surface area contributed by atoms with Crippen LogP contribution in [0.1, 0.15) is 38.5 Å². The van der Waals surface area contributed by atoms with Crippen LogP contribution in [-0.4, -0.2) is 18.7 Å². The Kier molecular flexibility index (Phi) is 4.44. The van der Waals surface area contributed by atoms with Gasteiger partial charge in [-0.1, -0.05) is 19.4 Å². The molecule has 15 heavy (non-hydrogen) atoms. The van der Waals surface area contributed by atoms with Gasteiger partial charge in [0.15, 0.2) is 0 Å². The Morgan fingerprint density at radius 2 is 2.00 bits per heavy atom. The van der Waals surface area contributed by atoms with Gasteiger partial charge in [0, 0.05) is 13.1 Å². The average molecular weight is 209 g/mol. The quantitative estimate of drug-likeness (QED) is 0.561. The van der Waals surface area contributed by atoms with Gasteiger partial charge < -0.3 is 10.1 Å². The van der Waals surface area contributed by atoms with Crippen LogP contribution in [0.5, 0.6) is 0 Å². The highest BCUT2D eigenvalue weighted by Gasteiger charge is 2.32. The molecule has 3 heteroatoms. The molecule has 1 fully saturated rings. The number of amides is 1. The lowest BCUT2D eigenvalue weighted by Crippen LogP contribution is -2.36. The first-order valence-electron chi connectivity index (χ1n) is 5.50. The zero-order valence-electron chi connectivity index (χ0n) is 9.34. The summed E-state index contributed by atoms with van der Waals surface area (Å²) < 4.78 is 5.44. The zero-order valence-corrected chi connectivity index (χ0v) is 9.34. The summed E-state index contributed by atoms with van der Waals surface area (Å²) >= 11 is 0. The van der Waals surface area contributed by atoms with E-state index in [4.69, 9.17) is 4.74 Å². The lowest BCUT2D eigenvalue weighted by molar-refractivity contribution is 0.0373. The van der Waals surface area contributed by atoms with Crippen molar-refractivity contribution in [3.63, 3.8) is 0 Å². The second kappa shape index (κ2) is 5.62. The second-order valence-corrected chi connectivity index (χ2v) is 3.97. The van der Waals surface area contributed by atoms with Crippen molar-refractivity contribution < 1.29 is 9.53 Å². The summed E-state index contributed by atoms with van der Waals surface area (Å²) in [5.41, 5.74) is 2.28. The predicted octanol–water partition coefficient (Wildman–Crippen LogP) is 2.78. The molecule has 1 aliphatic rings. The third-order valence-corrected chi connectivity index (χ3v) is 2.82. The van der Waals surface area contributed by atoms with Gasteiger partial charge >= 0.3 is 6.09 Å². The summed E-state index contributed by atoms with van der Waals surface area (Å²) in [6.07, 6.45) is 7.79. The van der Waals surface area contributed by atoms with E-state index in [-0.39, 0.29) is 6.09 Å². The van der Waals surface area contributed by atoms with Gasteiger partial charge in [0.05, 0.1) is 0 Å². The van der Waals surface area contributed by atoms with Gasteiger partial charge in [0.25, 0.3) is 0 Å². The topological polar surface area (TPSA) is 38.3 Å². The Labute approximate surface area is 91.2 Å². The van der Waals surface area contributed by atoms with Crippen LogP contribution in [-0.2, 0) is 4.74 Å². The fourth-order valence-corrected chi connectivity index (χ4v) is 2.02. The molecule has 0 atom stereocenters. The molecule has 0 aromatic rings. The fraction of sp³-hybridized carbons (Fsp3) is 0.667. The van der Waals surface area contributed by atoms with Crippen molar-refractivity contribution in [2.45, 2.75) is 44.1 Å². The van der Waals surface area contributed by atoms with Crippen LogP contribution in [0.15, 0.2) is 18.4 Å². The molecular weight excluding hydrogens is 190 g/mol. The molecule has 0 aromatic heterocycles. The van der Waals surface area contributed by atoms with Crippen molar-refractivity contribution in [1.29, 1.82) is 0 Å². The standard InChI is InChI=1S/C12H19NO2/c1-3-8-12(15-11(14)13-2)9-6-4-5-7-10-12/h8H,1,4-7,9-10H2,2H3,(H,13,14). The Balaban J connectivity index is 2.75. The highest BCUT2D eigenvalue weighted by atomic mass is 16.6. The van der Waals surface area contributed by atoms with E-state index in [9.17, 15) is 4.79 Å². The van der Waals surface area contributed by atoms with Gasteiger partial charge in [-0.25, -0.2) is 4.79 Å².